The Labute approximate surface area is 134 Å². The standard InChI is InChI=1S/C15H19ClN2O2S/c16-12-5-1-2-6-13(12)21-11-14(19)17-8-4-10-18-9-3-7-15(18)20/h1-2,5-6H,3-4,7-11H2,(H,17,19). The van der Waals surface area contributed by atoms with Gasteiger partial charge in [-0.3, -0.25) is 9.59 Å². The molecule has 4 nitrogen and oxygen atoms in total. The average molecular weight is 327 g/mol. The molecule has 1 aromatic rings. The third-order valence-electron chi connectivity index (χ3n) is 3.29. The van der Waals surface area contributed by atoms with E-state index in [0.29, 0.717) is 23.7 Å². The molecule has 2 rings (SSSR count). The third kappa shape index (κ3) is 5.25. The summed E-state index contributed by atoms with van der Waals surface area (Å²) in [5.41, 5.74) is 0. The van der Waals surface area contributed by atoms with E-state index in [1.807, 2.05) is 29.2 Å². The first kappa shape index (κ1) is 16.2. The monoisotopic (exact) mass is 326 g/mol. The van der Waals surface area contributed by atoms with Crippen LogP contribution in [0.1, 0.15) is 19.3 Å². The number of carbonyl (C=O) groups is 2. The molecule has 1 heterocycles. The van der Waals surface area contributed by atoms with E-state index in [4.69, 9.17) is 11.6 Å². The largest absolute Gasteiger partial charge is 0.355 e. The Hall–Kier alpha value is -1.20. The maximum absolute atomic E-state index is 11.7. The van der Waals surface area contributed by atoms with Gasteiger partial charge in [0.15, 0.2) is 0 Å². The molecule has 0 atom stereocenters. The highest BCUT2D eigenvalue weighted by Crippen LogP contribution is 2.26. The minimum atomic E-state index is -0.00679. The predicted octanol–water partition coefficient (Wildman–Crippen LogP) is 2.56. The summed E-state index contributed by atoms with van der Waals surface area (Å²) in [5.74, 6) is 0.579. The normalized spacial score (nSPS) is 14.5. The summed E-state index contributed by atoms with van der Waals surface area (Å²) in [4.78, 5) is 25.9. The van der Waals surface area contributed by atoms with Crippen molar-refractivity contribution in [1.82, 2.24) is 10.2 Å². The van der Waals surface area contributed by atoms with Gasteiger partial charge in [-0.25, -0.2) is 0 Å². The molecule has 0 bridgehead atoms. The molecule has 0 aliphatic carbocycles. The molecular weight excluding hydrogens is 308 g/mol. The Balaban J connectivity index is 1.59. The highest BCUT2D eigenvalue weighted by atomic mass is 35.5. The van der Waals surface area contributed by atoms with Crippen molar-refractivity contribution in [3.05, 3.63) is 29.3 Å². The van der Waals surface area contributed by atoms with E-state index in [1.54, 1.807) is 0 Å². The number of amides is 2. The van der Waals surface area contributed by atoms with Crippen molar-refractivity contribution in [2.75, 3.05) is 25.4 Å². The van der Waals surface area contributed by atoms with Crippen LogP contribution in [0.3, 0.4) is 0 Å². The number of carbonyl (C=O) groups excluding carboxylic acids is 2. The van der Waals surface area contributed by atoms with Crippen LogP contribution in [0.4, 0.5) is 0 Å². The molecule has 1 fully saturated rings. The van der Waals surface area contributed by atoms with Crippen molar-refractivity contribution in [2.45, 2.75) is 24.2 Å². The molecule has 1 saturated heterocycles. The van der Waals surface area contributed by atoms with E-state index in [-0.39, 0.29) is 11.8 Å². The van der Waals surface area contributed by atoms with Crippen LogP contribution < -0.4 is 5.32 Å². The highest BCUT2D eigenvalue weighted by Gasteiger charge is 2.18. The van der Waals surface area contributed by atoms with Crippen LogP contribution in [0.25, 0.3) is 0 Å². The van der Waals surface area contributed by atoms with Crippen molar-refractivity contribution >= 4 is 35.2 Å². The van der Waals surface area contributed by atoms with E-state index in [9.17, 15) is 9.59 Å². The lowest BCUT2D eigenvalue weighted by atomic mass is 10.4. The van der Waals surface area contributed by atoms with Crippen LogP contribution in [0.2, 0.25) is 5.02 Å². The zero-order chi connectivity index (χ0) is 15.1. The molecule has 6 heteroatoms. The van der Waals surface area contributed by atoms with Gasteiger partial charge in [-0.15, -0.1) is 11.8 Å². The van der Waals surface area contributed by atoms with Crippen molar-refractivity contribution in [1.29, 1.82) is 0 Å². The van der Waals surface area contributed by atoms with Crippen LogP contribution in [0.5, 0.6) is 0 Å². The van der Waals surface area contributed by atoms with Gasteiger partial charge < -0.3 is 10.2 Å². The maximum atomic E-state index is 11.7. The number of nitrogens with one attached hydrogen (secondary N) is 1. The molecule has 1 aliphatic heterocycles. The summed E-state index contributed by atoms with van der Waals surface area (Å²) in [7, 11) is 0. The van der Waals surface area contributed by atoms with Crippen LogP contribution >= 0.6 is 23.4 Å². The number of hydrogen-bond donors (Lipinski definition) is 1. The van der Waals surface area contributed by atoms with Gasteiger partial charge in [-0.2, -0.15) is 0 Å². The number of thioether (sulfide) groups is 1. The minimum Gasteiger partial charge on any atom is -0.355 e. The fraction of sp³-hybridized carbons (Fsp3) is 0.467. The Morgan fingerprint density at radius 3 is 2.90 bits per heavy atom. The fourth-order valence-electron chi connectivity index (χ4n) is 2.19. The van der Waals surface area contributed by atoms with Gasteiger partial charge in [0.05, 0.1) is 10.8 Å². The topological polar surface area (TPSA) is 49.4 Å². The number of benzene rings is 1. The van der Waals surface area contributed by atoms with Gasteiger partial charge in [0, 0.05) is 31.0 Å². The summed E-state index contributed by atoms with van der Waals surface area (Å²) >= 11 is 7.46. The van der Waals surface area contributed by atoms with Crippen molar-refractivity contribution < 1.29 is 9.59 Å². The summed E-state index contributed by atoms with van der Waals surface area (Å²) in [6, 6.07) is 7.49. The molecule has 0 saturated carbocycles. The van der Waals surface area contributed by atoms with E-state index < -0.39 is 0 Å². The van der Waals surface area contributed by atoms with Gasteiger partial charge >= 0.3 is 0 Å². The maximum Gasteiger partial charge on any atom is 0.230 e. The molecule has 1 aromatic carbocycles. The molecule has 0 aromatic heterocycles. The lowest BCUT2D eigenvalue weighted by Gasteiger charge is -2.15. The Morgan fingerprint density at radius 2 is 2.19 bits per heavy atom. The summed E-state index contributed by atoms with van der Waals surface area (Å²) < 4.78 is 0. The molecule has 2 amide bonds. The Bertz CT molecular complexity index is 510. The van der Waals surface area contributed by atoms with Crippen LogP contribution in [0, 0.1) is 0 Å². The Kier molecular flexibility index (Phi) is 6.39. The van der Waals surface area contributed by atoms with E-state index >= 15 is 0 Å². The second-order valence-electron chi connectivity index (χ2n) is 4.91. The first-order valence-corrected chi connectivity index (χ1v) is 8.45. The Morgan fingerprint density at radius 1 is 1.38 bits per heavy atom. The van der Waals surface area contributed by atoms with Crippen molar-refractivity contribution in [2.24, 2.45) is 0 Å². The number of nitrogens with zero attached hydrogens (tertiary/aromatic N) is 1. The SMILES string of the molecule is O=C(CSc1ccccc1Cl)NCCCN1CCCC1=O. The first-order valence-electron chi connectivity index (χ1n) is 7.08. The van der Waals surface area contributed by atoms with Gasteiger partial charge in [0.25, 0.3) is 0 Å². The average Bonchev–Trinajstić information content (AvgIpc) is 2.88. The van der Waals surface area contributed by atoms with Gasteiger partial charge in [0.2, 0.25) is 11.8 Å². The quantitative estimate of drug-likeness (QED) is 0.619. The zero-order valence-electron chi connectivity index (χ0n) is 11.8. The molecule has 114 valence electrons. The molecular formula is C15H19ClN2O2S. The molecule has 1 N–H and O–H groups in total. The molecule has 0 radical (unpaired) electrons. The summed E-state index contributed by atoms with van der Waals surface area (Å²) in [6.07, 6.45) is 2.43. The summed E-state index contributed by atoms with van der Waals surface area (Å²) in [5, 5.41) is 3.54. The second-order valence-corrected chi connectivity index (χ2v) is 6.33. The van der Waals surface area contributed by atoms with Gasteiger partial charge in [-0.1, -0.05) is 23.7 Å². The van der Waals surface area contributed by atoms with E-state index in [1.165, 1.54) is 11.8 Å². The summed E-state index contributed by atoms with van der Waals surface area (Å²) in [6.45, 7) is 2.19. The fourth-order valence-corrected chi connectivity index (χ4v) is 3.26. The van der Waals surface area contributed by atoms with E-state index in [0.717, 1.165) is 30.8 Å². The lowest BCUT2D eigenvalue weighted by molar-refractivity contribution is -0.127. The van der Waals surface area contributed by atoms with Crippen molar-refractivity contribution in [3.8, 4) is 0 Å². The number of halogens is 1. The smallest absolute Gasteiger partial charge is 0.230 e. The second kappa shape index (κ2) is 8.29. The number of rotatable bonds is 7. The van der Waals surface area contributed by atoms with Crippen LogP contribution in [-0.2, 0) is 9.59 Å². The molecule has 1 aliphatic rings. The highest BCUT2D eigenvalue weighted by molar-refractivity contribution is 8.00. The minimum absolute atomic E-state index is 0.00679. The number of hydrogen-bond acceptors (Lipinski definition) is 3. The first-order chi connectivity index (χ1) is 10.2. The molecule has 21 heavy (non-hydrogen) atoms. The lowest BCUT2D eigenvalue weighted by Crippen LogP contribution is -2.31. The van der Waals surface area contributed by atoms with Crippen molar-refractivity contribution in [3.63, 3.8) is 0 Å². The van der Waals surface area contributed by atoms with E-state index in [2.05, 4.69) is 5.32 Å². The van der Waals surface area contributed by atoms with Crippen LogP contribution in [-0.4, -0.2) is 42.1 Å². The molecule has 0 spiro atoms. The third-order valence-corrected chi connectivity index (χ3v) is 4.81. The molecule has 0 unspecified atom stereocenters. The number of likely N-dealkylation sites (tertiary alicyclic amines) is 1. The van der Waals surface area contributed by atoms with Gasteiger partial charge in [-0.05, 0) is 25.0 Å². The van der Waals surface area contributed by atoms with Crippen LogP contribution in [0.15, 0.2) is 29.2 Å². The predicted molar refractivity (Wildman–Crippen MR) is 85.6 cm³/mol. The zero-order valence-corrected chi connectivity index (χ0v) is 13.4. The van der Waals surface area contributed by atoms with Gasteiger partial charge in [0.1, 0.15) is 0 Å².